The van der Waals surface area contributed by atoms with Crippen molar-refractivity contribution in [1.29, 1.82) is 0 Å². The first-order valence-electron chi connectivity index (χ1n) is 5.00. The predicted octanol–water partition coefficient (Wildman–Crippen LogP) is 0.134. The van der Waals surface area contributed by atoms with Crippen LogP contribution in [0, 0.1) is 0 Å². The molecular formula is C10H23N3O. The summed E-state index contributed by atoms with van der Waals surface area (Å²) in [5.74, 6) is 0.136. The van der Waals surface area contributed by atoms with Crippen LogP contribution in [0.2, 0.25) is 0 Å². The molecule has 0 rings (SSSR count). The molecule has 0 unspecified atom stereocenters. The van der Waals surface area contributed by atoms with Gasteiger partial charge in [0, 0.05) is 25.7 Å². The van der Waals surface area contributed by atoms with Gasteiger partial charge in [0.05, 0.1) is 6.54 Å². The van der Waals surface area contributed by atoms with Crippen LogP contribution >= 0.6 is 0 Å². The molecular weight excluding hydrogens is 178 g/mol. The van der Waals surface area contributed by atoms with Crippen molar-refractivity contribution in [2.45, 2.75) is 26.3 Å². The summed E-state index contributed by atoms with van der Waals surface area (Å²) in [6.45, 7) is 7.75. The Labute approximate surface area is 87.0 Å². The van der Waals surface area contributed by atoms with Crippen LogP contribution in [0.25, 0.3) is 0 Å². The van der Waals surface area contributed by atoms with Crippen LogP contribution in [0.15, 0.2) is 0 Å². The van der Waals surface area contributed by atoms with Gasteiger partial charge in [-0.2, -0.15) is 0 Å². The molecule has 0 radical (unpaired) electrons. The van der Waals surface area contributed by atoms with Crippen molar-refractivity contribution < 1.29 is 4.79 Å². The van der Waals surface area contributed by atoms with E-state index in [0.717, 1.165) is 6.54 Å². The molecule has 2 N–H and O–H groups in total. The van der Waals surface area contributed by atoms with Gasteiger partial charge in [-0.3, -0.25) is 9.69 Å². The molecule has 0 bridgehead atoms. The highest BCUT2D eigenvalue weighted by molar-refractivity contribution is 5.77. The average molecular weight is 201 g/mol. The summed E-state index contributed by atoms with van der Waals surface area (Å²) in [5.41, 5.74) is 5.50. The first-order chi connectivity index (χ1) is 6.35. The van der Waals surface area contributed by atoms with Gasteiger partial charge in [-0.25, -0.2) is 0 Å². The van der Waals surface area contributed by atoms with Crippen molar-refractivity contribution in [3.8, 4) is 0 Å². The molecule has 0 aliphatic rings. The zero-order chi connectivity index (χ0) is 11.4. The molecule has 0 saturated carbocycles. The van der Waals surface area contributed by atoms with Gasteiger partial charge >= 0.3 is 0 Å². The molecule has 0 saturated heterocycles. The van der Waals surface area contributed by atoms with E-state index in [2.05, 4.69) is 0 Å². The molecule has 84 valence electrons. The lowest BCUT2D eigenvalue weighted by atomic mass is 10.0. The Morgan fingerprint density at radius 2 is 1.86 bits per heavy atom. The highest BCUT2D eigenvalue weighted by atomic mass is 16.2. The number of nitrogens with zero attached hydrogens (tertiary/aromatic N) is 2. The topological polar surface area (TPSA) is 49.6 Å². The molecule has 14 heavy (non-hydrogen) atoms. The Hall–Kier alpha value is -0.610. The fourth-order valence-electron chi connectivity index (χ4n) is 0.870. The normalized spacial score (nSPS) is 11.9. The Balaban J connectivity index is 4.19. The van der Waals surface area contributed by atoms with Gasteiger partial charge in [0.1, 0.15) is 0 Å². The third-order valence-corrected chi connectivity index (χ3v) is 2.81. The van der Waals surface area contributed by atoms with E-state index in [0.29, 0.717) is 13.1 Å². The lowest BCUT2D eigenvalue weighted by Crippen LogP contribution is -2.50. The third-order valence-electron chi connectivity index (χ3n) is 2.81. The zero-order valence-corrected chi connectivity index (χ0v) is 10.0. The third kappa shape index (κ3) is 3.64. The minimum absolute atomic E-state index is 0.121. The van der Waals surface area contributed by atoms with Crippen molar-refractivity contribution in [3.05, 3.63) is 0 Å². The maximum Gasteiger partial charge on any atom is 0.236 e. The van der Waals surface area contributed by atoms with Gasteiger partial charge in [0.25, 0.3) is 0 Å². The second-order valence-corrected chi connectivity index (χ2v) is 4.28. The number of carbonyl (C=O) groups is 1. The van der Waals surface area contributed by atoms with Crippen LogP contribution in [-0.2, 0) is 4.79 Å². The molecule has 0 aromatic heterocycles. The van der Waals surface area contributed by atoms with Gasteiger partial charge < -0.3 is 10.6 Å². The van der Waals surface area contributed by atoms with Crippen LogP contribution in [0.1, 0.15) is 20.8 Å². The van der Waals surface area contributed by atoms with Gasteiger partial charge in [-0.05, 0) is 27.8 Å². The maximum atomic E-state index is 11.6. The van der Waals surface area contributed by atoms with E-state index in [1.54, 1.807) is 4.90 Å². The quantitative estimate of drug-likeness (QED) is 0.688. The van der Waals surface area contributed by atoms with Crippen LogP contribution in [0.5, 0.6) is 0 Å². The molecule has 0 aliphatic carbocycles. The van der Waals surface area contributed by atoms with Crippen molar-refractivity contribution in [1.82, 2.24) is 9.80 Å². The van der Waals surface area contributed by atoms with E-state index in [4.69, 9.17) is 5.73 Å². The van der Waals surface area contributed by atoms with Gasteiger partial charge in [0.2, 0.25) is 5.91 Å². The lowest BCUT2D eigenvalue weighted by molar-refractivity contribution is -0.131. The summed E-state index contributed by atoms with van der Waals surface area (Å²) in [6, 6.07) is 0. The van der Waals surface area contributed by atoms with E-state index < -0.39 is 0 Å². The molecule has 0 fully saturated rings. The zero-order valence-electron chi connectivity index (χ0n) is 10.0. The molecule has 0 aliphatic heterocycles. The number of hydrogen-bond acceptors (Lipinski definition) is 3. The first-order valence-corrected chi connectivity index (χ1v) is 5.00. The number of hydrogen-bond donors (Lipinski definition) is 1. The minimum atomic E-state index is -0.121. The van der Waals surface area contributed by atoms with E-state index in [1.165, 1.54) is 0 Å². The number of nitrogens with two attached hydrogens (primary N) is 1. The van der Waals surface area contributed by atoms with Crippen LogP contribution in [0.3, 0.4) is 0 Å². The smallest absolute Gasteiger partial charge is 0.236 e. The fourth-order valence-corrected chi connectivity index (χ4v) is 0.870. The average Bonchev–Trinajstić information content (AvgIpc) is 2.16. The van der Waals surface area contributed by atoms with Gasteiger partial charge in [-0.15, -0.1) is 0 Å². The summed E-state index contributed by atoms with van der Waals surface area (Å²) < 4.78 is 0. The number of amides is 1. The van der Waals surface area contributed by atoms with Crippen molar-refractivity contribution in [3.63, 3.8) is 0 Å². The molecule has 0 aromatic rings. The second kappa shape index (κ2) is 5.32. The van der Waals surface area contributed by atoms with Crippen LogP contribution < -0.4 is 5.73 Å². The molecule has 4 heteroatoms. The molecule has 1 amide bonds. The van der Waals surface area contributed by atoms with E-state index in [1.807, 2.05) is 39.8 Å². The predicted molar refractivity (Wildman–Crippen MR) is 59.1 cm³/mol. The monoisotopic (exact) mass is 201 g/mol. The van der Waals surface area contributed by atoms with E-state index >= 15 is 0 Å². The van der Waals surface area contributed by atoms with Gasteiger partial charge in [0.15, 0.2) is 0 Å². The van der Waals surface area contributed by atoms with Crippen molar-refractivity contribution in [2.24, 2.45) is 5.73 Å². The molecule has 0 aromatic carbocycles. The highest BCUT2D eigenvalue weighted by Crippen LogP contribution is 2.09. The Morgan fingerprint density at radius 3 is 2.21 bits per heavy atom. The number of rotatable bonds is 5. The highest BCUT2D eigenvalue weighted by Gasteiger charge is 2.24. The summed E-state index contributed by atoms with van der Waals surface area (Å²) >= 11 is 0. The molecule has 4 nitrogen and oxygen atoms in total. The lowest BCUT2D eigenvalue weighted by Gasteiger charge is -2.34. The van der Waals surface area contributed by atoms with Crippen LogP contribution in [-0.4, -0.2) is 55.0 Å². The largest absolute Gasteiger partial charge is 0.345 e. The van der Waals surface area contributed by atoms with Crippen LogP contribution in [0.4, 0.5) is 0 Å². The summed E-state index contributed by atoms with van der Waals surface area (Å²) in [7, 11) is 3.74. The first kappa shape index (κ1) is 13.4. The Kier molecular flexibility index (Phi) is 5.08. The maximum absolute atomic E-state index is 11.6. The van der Waals surface area contributed by atoms with E-state index in [9.17, 15) is 4.79 Å². The second-order valence-electron chi connectivity index (χ2n) is 4.28. The summed E-state index contributed by atoms with van der Waals surface area (Å²) in [6.07, 6.45) is 0. The Bertz CT molecular complexity index is 192. The Morgan fingerprint density at radius 1 is 1.36 bits per heavy atom. The van der Waals surface area contributed by atoms with Crippen molar-refractivity contribution in [2.75, 3.05) is 33.7 Å². The summed E-state index contributed by atoms with van der Waals surface area (Å²) in [5, 5.41) is 0. The molecule has 0 heterocycles. The SMILES string of the molecule is CCN(C)C(=O)CN(C)C(C)(C)CN. The van der Waals surface area contributed by atoms with Gasteiger partial charge in [-0.1, -0.05) is 0 Å². The van der Waals surface area contributed by atoms with Crippen molar-refractivity contribution >= 4 is 5.91 Å². The minimum Gasteiger partial charge on any atom is -0.345 e. The molecule has 0 spiro atoms. The number of likely N-dealkylation sites (N-methyl/N-ethyl adjacent to an activating group) is 2. The molecule has 0 atom stereocenters. The number of carbonyl (C=O) groups excluding carboxylic acids is 1. The standard InChI is InChI=1S/C10H23N3O/c1-6-12(4)9(14)7-13(5)10(2,3)8-11/h6-8,11H2,1-5H3. The summed E-state index contributed by atoms with van der Waals surface area (Å²) in [4.78, 5) is 15.3. The fraction of sp³-hybridized carbons (Fsp3) is 0.900. The van der Waals surface area contributed by atoms with E-state index in [-0.39, 0.29) is 11.4 Å².